The van der Waals surface area contributed by atoms with Gasteiger partial charge in [0.05, 0.1) is 52.4 Å². The first-order chi connectivity index (χ1) is 17.4. The van der Waals surface area contributed by atoms with Crippen LogP contribution in [0.3, 0.4) is 0 Å². The van der Waals surface area contributed by atoms with Gasteiger partial charge < -0.3 is 33.0 Å². The van der Waals surface area contributed by atoms with Crippen molar-refractivity contribution in [1.82, 2.24) is 4.57 Å². The topological polar surface area (TPSA) is 107 Å². The molecule has 0 aliphatic rings. The number of amides is 1. The highest BCUT2D eigenvalue weighted by atomic mass is 32.1. The van der Waals surface area contributed by atoms with Crippen LogP contribution in [0.1, 0.15) is 12.5 Å². The number of esters is 1. The van der Waals surface area contributed by atoms with Crippen molar-refractivity contribution in [3.63, 3.8) is 0 Å². The number of fused-ring (bicyclic) bond motifs is 1. The van der Waals surface area contributed by atoms with Crippen LogP contribution in [-0.4, -0.2) is 58.6 Å². The number of carbonyl (C=O) groups is 2. The van der Waals surface area contributed by atoms with Gasteiger partial charge in [0.15, 0.2) is 27.8 Å². The van der Waals surface area contributed by atoms with Gasteiger partial charge in [-0.25, -0.2) is 0 Å². The molecule has 0 radical (unpaired) electrons. The number of carbonyl (C=O) groups excluding carboxylic acids is 2. The minimum absolute atomic E-state index is 0.119. The molecular weight excluding hydrogens is 488 g/mol. The number of methoxy groups -OCH3 is 5. The average molecular weight is 517 g/mol. The fourth-order valence-electron chi connectivity index (χ4n) is 3.47. The van der Waals surface area contributed by atoms with E-state index in [0.29, 0.717) is 44.6 Å². The molecule has 0 atom stereocenters. The molecule has 0 saturated heterocycles. The summed E-state index contributed by atoms with van der Waals surface area (Å²) in [5.41, 5.74) is 1.31. The van der Waals surface area contributed by atoms with Gasteiger partial charge in [-0.1, -0.05) is 11.3 Å². The number of nitrogens with zero attached hydrogens (tertiary/aromatic N) is 2. The van der Waals surface area contributed by atoms with Crippen molar-refractivity contribution in [2.24, 2.45) is 4.99 Å². The maximum Gasteiger partial charge on any atom is 0.326 e. The molecular formula is C25H28N2O8S. The standard InChI is InChI=1S/C25H28N2O8S/c1-7-35-23(29)14-27-16-12-17(30-2)18(31-3)13-21(16)36-25(27)26-22(28)9-8-15-10-19(32-4)24(34-6)20(11-15)33-5/h8-13H,7,14H2,1-6H3/b9-8+,26-25?. The molecule has 0 spiro atoms. The van der Waals surface area contributed by atoms with Crippen LogP contribution in [0, 0.1) is 0 Å². The van der Waals surface area contributed by atoms with E-state index in [9.17, 15) is 9.59 Å². The zero-order valence-electron chi connectivity index (χ0n) is 20.9. The Morgan fingerprint density at radius 1 is 0.889 bits per heavy atom. The van der Waals surface area contributed by atoms with Crippen molar-refractivity contribution < 1.29 is 38.0 Å². The average Bonchev–Trinajstić information content (AvgIpc) is 3.20. The highest BCUT2D eigenvalue weighted by Gasteiger charge is 2.16. The number of hydrogen-bond donors (Lipinski definition) is 0. The molecule has 0 bridgehead atoms. The van der Waals surface area contributed by atoms with Crippen molar-refractivity contribution in [2.45, 2.75) is 13.5 Å². The summed E-state index contributed by atoms with van der Waals surface area (Å²) in [4.78, 5) is 29.6. The first-order valence-electron chi connectivity index (χ1n) is 10.9. The van der Waals surface area contributed by atoms with Gasteiger partial charge in [-0.15, -0.1) is 0 Å². The predicted molar refractivity (Wildman–Crippen MR) is 135 cm³/mol. The molecule has 2 aromatic carbocycles. The smallest absolute Gasteiger partial charge is 0.326 e. The van der Waals surface area contributed by atoms with Gasteiger partial charge in [0.25, 0.3) is 5.91 Å². The Hall–Kier alpha value is -3.99. The van der Waals surface area contributed by atoms with Crippen LogP contribution in [0.5, 0.6) is 28.7 Å². The molecule has 0 N–H and O–H groups in total. The first-order valence-corrected chi connectivity index (χ1v) is 11.7. The second kappa shape index (κ2) is 12.1. The molecule has 192 valence electrons. The van der Waals surface area contributed by atoms with E-state index in [1.165, 1.54) is 53.0 Å². The quantitative estimate of drug-likeness (QED) is 0.298. The van der Waals surface area contributed by atoms with Crippen LogP contribution in [0.4, 0.5) is 0 Å². The first kappa shape index (κ1) is 26.6. The second-order valence-corrected chi connectivity index (χ2v) is 8.20. The Morgan fingerprint density at radius 2 is 1.50 bits per heavy atom. The van der Waals surface area contributed by atoms with Gasteiger partial charge in [-0.2, -0.15) is 4.99 Å². The van der Waals surface area contributed by atoms with Crippen LogP contribution in [0.25, 0.3) is 16.3 Å². The summed E-state index contributed by atoms with van der Waals surface area (Å²) in [7, 11) is 7.60. The molecule has 0 aliphatic carbocycles. The molecule has 0 aliphatic heterocycles. The Labute approximate surface area is 212 Å². The zero-order chi connectivity index (χ0) is 26.2. The van der Waals surface area contributed by atoms with Crippen molar-refractivity contribution in [3.05, 3.63) is 40.7 Å². The number of ether oxygens (including phenoxy) is 6. The maximum absolute atomic E-state index is 12.8. The van der Waals surface area contributed by atoms with Crippen molar-refractivity contribution in [1.29, 1.82) is 0 Å². The number of aromatic nitrogens is 1. The van der Waals surface area contributed by atoms with E-state index >= 15 is 0 Å². The lowest BCUT2D eigenvalue weighted by atomic mass is 10.1. The third kappa shape index (κ3) is 5.80. The van der Waals surface area contributed by atoms with Gasteiger partial charge in [0.1, 0.15) is 6.54 Å². The van der Waals surface area contributed by atoms with Crippen LogP contribution in [0.15, 0.2) is 35.3 Å². The molecule has 36 heavy (non-hydrogen) atoms. The van der Waals surface area contributed by atoms with Gasteiger partial charge in [0, 0.05) is 18.2 Å². The van der Waals surface area contributed by atoms with E-state index in [2.05, 4.69) is 4.99 Å². The normalized spacial score (nSPS) is 11.6. The van der Waals surface area contributed by atoms with Gasteiger partial charge in [0.2, 0.25) is 5.75 Å². The van der Waals surface area contributed by atoms with E-state index < -0.39 is 11.9 Å². The summed E-state index contributed by atoms with van der Waals surface area (Å²) < 4.78 is 34.3. The molecule has 0 fully saturated rings. The van der Waals surface area contributed by atoms with Crippen molar-refractivity contribution in [3.8, 4) is 28.7 Å². The molecule has 0 saturated carbocycles. The summed E-state index contributed by atoms with van der Waals surface area (Å²) in [5, 5.41) is 0. The molecule has 10 nitrogen and oxygen atoms in total. The van der Waals surface area contributed by atoms with E-state index in [4.69, 9.17) is 28.4 Å². The Balaban J connectivity index is 2.05. The number of hydrogen-bond acceptors (Lipinski definition) is 9. The summed E-state index contributed by atoms with van der Waals surface area (Å²) in [6.45, 7) is 1.85. The number of benzene rings is 2. The lowest BCUT2D eigenvalue weighted by molar-refractivity contribution is -0.143. The van der Waals surface area contributed by atoms with Crippen molar-refractivity contribution in [2.75, 3.05) is 42.2 Å². The largest absolute Gasteiger partial charge is 0.493 e. The van der Waals surface area contributed by atoms with E-state index in [1.54, 1.807) is 41.8 Å². The number of rotatable bonds is 10. The fraction of sp³-hybridized carbons (Fsp3) is 0.320. The molecule has 1 amide bonds. The molecule has 3 rings (SSSR count). The van der Waals surface area contributed by atoms with Crippen LogP contribution < -0.4 is 28.5 Å². The Bertz CT molecular complexity index is 1330. The zero-order valence-corrected chi connectivity index (χ0v) is 21.8. The summed E-state index contributed by atoms with van der Waals surface area (Å²) in [6, 6.07) is 6.93. The van der Waals surface area contributed by atoms with Gasteiger partial charge in [-0.05, 0) is 30.7 Å². The van der Waals surface area contributed by atoms with E-state index in [0.717, 1.165) is 4.70 Å². The van der Waals surface area contributed by atoms with Crippen molar-refractivity contribution >= 4 is 39.5 Å². The highest BCUT2D eigenvalue weighted by Crippen LogP contribution is 2.38. The Kier molecular flexibility index (Phi) is 8.96. The lowest BCUT2D eigenvalue weighted by Gasteiger charge is -2.12. The van der Waals surface area contributed by atoms with E-state index in [1.807, 2.05) is 0 Å². The monoisotopic (exact) mass is 516 g/mol. The summed E-state index contributed by atoms with van der Waals surface area (Å²) in [5.74, 6) is 1.40. The third-order valence-corrected chi connectivity index (χ3v) is 6.13. The highest BCUT2D eigenvalue weighted by molar-refractivity contribution is 7.16. The van der Waals surface area contributed by atoms with Gasteiger partial charge >= 0.3 is 5.97 Å². The molecule has 1 aromatic heterocycles. The van der Waals surface area contributed by atoms with E-state index in [-0.39, 0.29) is 13.2 Å². The molecule has 1 heterocycles. The van der Waals surface area contributed by atoms with Crippen LogP contribution in [-0.2, 0) is 20.9 Å². The molecule has 3 aromatic rings. The maximum atomic E-state index is 12.8. The number of thiazole rings is 1. The van der Waals surface area contributed by atoms with Crippen LogP contribution in [0.2, 0.25) is 0 Å². The summed E-state index contributed by atoms with van der Waals surface area (Å²) in [6.07, 6.45) is 2.91. The minimum atomic E-state index is -0.521. The Morgan fingerprint density at radius 3 is 2.06 bits per heavy atom. The molecule has 0 unspecified atom stereocenters. The summed E-state index contributed by atoms with van der Waals surface area (Å²) >= 11 is 1.24. The van der Waals surface area contributed by atoms with Crippen LogP contribution >= 0.6 is 11.3 Å². The van der Waals surface area contributed by atoms with Gasteiger partial charge in [-0.3, -0.25) is 9.59 Å². The predicted octanol–water partition coefficient (Wildman–Crippen LogP) is 3.45. The minimum Gasteiger partial charge on any atom is -0.493 e. The molecule has 11 heteroatoms. The lowest BCUT2D eigenvalue weighted by Crippen LogP contribution is -2.22. The SMILES string of the molecule is CCOC(=O)Cn1c(=NC(=O)/C=C/c2cc(OC)c(OC)c(OC)c2)sc2cc(OC)c(OC)cc21. The fourth-order valence-corrected chi connectivity index (χ4v) is 4.51. The second-order valence-electron chi connectivity index (χ2n) is 7.19. The third-order valence-electron chi connectivity index (χ3n) is 5.09.